The van der Waals surface area contributed by atoms with Crippen LogP contribution >= 0.6 is 27.4 Å². The van der Waals surface area contributed by atoms with E-state index < -0.39 is 7.92 Å². The Hall–Kier alpha value is -1.97. The highest BCUT2D eigenvalue weighted by Crippen LogP contribution is 2.57. The van der Waals surface area contributed by atoms with Crippen molar-refractivity contribution in [3.8, 4) is 11.1 Å². The van der Waals surface area contributed by atoms with Crippen molar-refractivity contribution in [3.63, 3.8) is 0 Å². The molecular formula is C36H39ClP2. The van der Waals surface area contributed by atoms with Crippen LogP contribution in [0.15, 0.2) is 103 Å². The van der Waals surface area contributed by atoms with Crippen LogP contribution in [0, 0.1) is 0 Å². The van der Waals surface area contributed by atoms with Crippen LogP contribution in [0.4, 0.5) is 0 Å². The van der Waals surface area contributed by atoms with Crippen LogP contribution in [0.25, 0.3) is 11.1 Å². The summed E-state index contributed by atoms with van der Waals surface area (Å²) in [5.41, 5.74) is 4.35. The molecule has 0 spiro atoms. The van der Waals surface area contributed by atoms with Gasteiger partial charge in [0.2, 0.25) is 0 Å². The zero-order valence-corrected chi connectivity index (χ0v) is 25.4. The van der Waals surface area contributed by atoms with Gasteiger partial charge < -0.3 is 0 Å². The Morgan fingerprint density at radius 3 is 1.54 bits per heavy atom. The first-order chi connectivity index (χ1) is 19.3. The van der Waals surface area contributed by atoms with Crippen molar-refractivity contribution in [2.75, 3.05) is 0 Å². The van der Waals surface area contributed by atoms with Crippen LogP contribution in [-0.4, -0.2) is 11.3 Å². The van der Waals surface area contributed by atoms with Gasteiger partial charge in [-0.3, -0.25) is 0 Å². The number of hydrogen-bond donors (Lipinski definition) is 0. The van der Waals surface area contributed by atoms with Gasteiger partial charge in [0.05, 0.1) is 0 Å². The molecule has 0 bridgehead atoms. The summed E-state index contributed by atoms with van der Waals surface area (Å²) in [7, 11) is -0.985. The summed E-state index contributed by atoms with van der Waals surface area (Å²) in [6.07, 6.45) is 14.0. The molecule has 2 aliphatic rings. The lowest BCUT2D eigenvalue weighted by Gasteiger charge is -2.40. The average Bonchev–Trinajstić information content (AvgIpc) is 3.00. The molecule has 39 heavy (non-hydrogen) atoms. The number of halogens is 1. The number of benzene rings is 4. The minimum atomic E-state index is -0.715. The topological polar surface area (TPSA) is 0 Å². The van der Waals surface area contributed by atoms with Gasteiger partial charge in [-0.25, -0.2) is 0 Å². The molecule has 0 amide bonds. The van der Waals surface area contributed by atoms with E-state index in [1.807, 2.05) is 0 Å². The van der Waals surface area contributed by atoms with E-state index in [0.717, 1.165) is 16.3 Å². The molecule has 0 atom stereocenters. The summed E-state index contributed by atoms with van der Waals surface area (Å²) < 4.78 is 0. The van der Waals surface area contributed by atoms with Gasteiger partial charge in [0.1, 0.15) is 0 Å². The van der Waals surface area contributed by atoms with Gasteiger partial charge in [0.15, 0.2) is 0 Å². The summed E-state index contributed by atoms with van der Waals surface area (Å²) in [6.45, 7) is 0. The molecule has 0 radical (unpaired) electrons. The second-order valence-electron chi connectivity index (χ2n) is 11.1. The van der Waals surface area contributed by atoms with Crippen LogP contribution in [-0.2, 0) is 0 Å². The summed E-state index contributed by atoms with van der Waals surface area (Å²) in [6, 6.07) is 38.2. The smallest absolute Gasteiger partial charge is 0.0491 e. The van der Waals surface area contributed by atoms with Crippen molar-refractivity contribution in [1.29, 1.82) is 0 Å². The molecule has 2 fully saturated rings. The van der Waals surface area contributed by atoms with Crippen LogP contribution in [0.2, 0.25) is 5.02 Å². The average molecular weight is 569 g/mol. The van der Waals surface area contributed by atoms with Gasteiger partial charge in [-0.05, 0) is 77.8 Å². The van der Waals surface area contributed by atoms with E-state index in [1.54, 1.807) is 5.30 Å². The van der Waals surface area contributed by atoms with E-state index >= 15 is 0 Å². The Morgan fingerprint density at radius 1 is 0.487 bits per heavy atom. The molecule has 2 saturated carbocycles. The summed E-state index contributed by atoms with van der Waals surface area (Å²) in [4.78, 5) is 0. The molecule has 3 heteroatoms. The second-order valence-corrected chi connectivity index (χ2v) is 16.5. The van der Waals surface area contributed by atoms with Crippen molar-refractivity contribution < 1.29 is 0 Å². The normalized spacial score (nSPS) is 17.1. The first-order valence-electron chi connectivity index (χ1n) is 14.9. The quantitative estimate of drug-likeness (QED) is 0.195. The van der Waals surface area contributed by atoms with Crippen LogP contribution in [0.5, 0.6) is 0 Å². The van der Waals surface area contributed by atoms with Gasteiger partial charge in [-0.1, -0.05) is 155 Å². The van der Waals surface area contributed by atoms with Crippen molar-refractivity contribution in [3.05, 3.63) is 108 Å². The Balaban J connectivity index is 1.53. The SMILES string of the molecule is Clc1cccc(P(C2CCCCC2)C2CCCCC2)c1-c1ccccc1P(c1ccccc1)c1ccccc1. The lowest BCUT2D eigenvalue weighted by atomic mass is 9.99. The fourth-order valence-corrected chi connectivity index (χ4v) is 13.6. The van der Waals surface area contributed by atoms with Crippen molar-refractivity contribution in [2.24, 2.45) is 0 Å². The van der Waals surface area contributed by atoms with Gasteiger partial charge in [0, 0.05) is 10.6 Å². The zero-order valence-electron chi connectivity index (χ0n) is 22.8. The minimum absolute atomic E-state index is 0.270. The third-order valence-corrected chi connectivity index (χ3v) is 15.0. The molecule has 2 aliphatic carbocycles. The van der Waals surface area contributed by atoms with E-state index in [9.17, 15) is 0 Å². The number of rotatable bonds is 7. The molecule has 0 heterocycles. The molecule has 0 nitrogen and oxygen atoms in total. The molecule has 0 unspecified atom stereocenters. The first-order valence-corrected chi connectivity index (χ1v) is 18.1. The second kappa shape index (κ2) is 13.1. The standard InChI is InChI=1S/C36H39ClP2/c37-33-25-15-27-35(39(30-20-9-3-10-21-30)31-22-11-4-12-23-31)36(33)32-24-13-14-26-34(32)38(28-16-5-1-6-17-28)29-18-7-2-8-19-29/h1-2,5-8,13-19,24-27,30-31H,3-4,9-12,20-23H2. The molecule has 0 saturated heterocycles. The molecule has 0 N–H and O–H groups in total. The highest BCUT2D eigenvalue weighted by molar-refractivity contribution is 7.80. The van der Waals surface area contributed by atoms with E-state index in [-0.39, 0.29) is 7.92 Å². The lowest BCUT2D eigenvalue weighted by Crippen LogP contribution is -2.28. The fraction of sp³-hybridized carbons (Fsp3) is 0.333. The van der Waals surface area contributed by atoms with Crippen molar-refractivity contribution in [2.45, 2.75) is 75.5 Å². The fourth-order valence-electron chi connectivity index (χ4n) is 6.87. The maximum Gasteiger partial charge on any atom is 0.0491 e. The van der Waals surface area contributed by atoms with Crippen LogP contribution in [0.3, 0.4) is 0 Å². The summed E-state index contributed by atoms with van der Waals surface area (Å²) in [5, 5.41) is 6.71. The zero-order chi connectivity index (χ0) is 26.4. The Labute approximate surface area is 242 Å². The third kappa shape index (κ3) is 6.05. The molecule has 0 aromatic heterocycles. The maximum absolute atomic E-state index is 7.27. The van der Waals surface area contributed by atoms with Gasteiger partial charge >= 0.3 is 0 Å². The highest BCUT2D eigenvalue weighted by Gasteiger charge is 2.35. The summed E-state index contributed by atoms with van der Waals surface area (Å²) in [5.74, 6) is 0. The van der Waals surface area contributed by atoms with Crippen LogP contribution in [0.1, 0.15) is 64.2 Å². The molecule has 6 rings (SSSR count). The molecule has 0 aliphatic heterocycles. The maximum atomic E-state index is 7.27. The van der Waals surface area contributed by atoms with E-state index in [4.69, 9.17) is 11.6 Å². The Bertz CT molecular complexity index is 1280. The monoisotopic (exact) mass is 568 g/mol. The summed E-state index contributed by atoms with van der Waals surface area (Å²) >= 11 is 7.27. The molecule has 4 aromatic rings. The molecule has 4 aromatic carbocycles. The molecular weight excluding hydrogens is 530 g/mol. The van der Waals surface area contributed by atoms with Crippen molar-refractivity contribution >= 4 is 48.7 Å². The third-order valence-electron chi connectivity index (χ3n) is 8.65. The Morgan fingerprint density at radius 2 is 0.974 bits per heavy atom. The predicted octanol–water partition coefficient (Wildman–Crippen LogP) is 9.54. The minimum Gasteiger partial charge on any atom is -0.0836 e. The number of hydrogen-bond acceptors (Lipinski definition) is 0. The first kappa shape index (κ1) is 27.2. The van der Waals surface area contributed by atoms with Crippen molar-refractivity contribution in [1.82, 2.24) is 0 Å². The van der Waals surface area contributed by atoms with E-state index in [2.05, 4.69) is 103 Å². The van der Waals surface area contributed by atoms with E-state index in [1.165, 1.54) is 91.2 Å². The predicted molar refractivity (Wildman–Crippen MR) is 176 cm³/mol. The van der Waals surface area contributed by atoms with Gasteiger partial charge in [-0.2, -0.15) is 0 Å². The Kier molecular flexibility index (Phi) is 9.16. The van der Waals surface area contributed by atoms with Gasteiger partial charge in [-0.15, -0.1) is 0 Å². The lowest BCUT2D eigenvalue weighted by molar-refractivity contribution is 0.487. The molecule has 200 valence electrons. The van der Waals surface area contributed by atoms with E-state index in [0.29, 0.717) is 0 Å². The van der Waals surface area contributed by atoms with Crippen LogP contribution < -0.4 is 21.2 Å². The largest absolute Gasteiger partial charge is 0.0836 e. The highest BCUT2D eigenvalue weighted by atomic mass is 35.5. The van der Waals surface area contributed by atoms with Gasteiger partial charge in [0.25, 0.3) is 0 Å².